The maximum atomic E-state index is 12.6. The first-order chi connectivity index (χ1) is 12.2. The summed E-state index contributed by atoms with van der Waals surface area (Å²) in [6.07, 6.45) is 4.39. The van der Waals surface area contributed by atoms with Crippen LogP contribution in [0.3, 0.4) is 0 Å². The highest BCUT2D eigenvalue weighted by atomic mass is 16.5. The summed E-state index contributed by atoms with van der Waals surface area (Å²) in [5.41, 5.74) is 1.18. The molecule has 1 aromatic carbocycles. The van der Waals surface area contributed by atoms with Crippen LogP contribution in [0.1, 0.15) is 40.5 Å². The van der Waals surface area contributed by atoms with Gasteiger partial charge in [-0.3, -0.25) is 9.59 Å². The van der Waals surface area contributed by atoms with Gasteiger partial charge in [-0.1, -0.05) is 0 Å². The third-order valence-electron chi connectivity index (χ3n) is 4.31. The van der Waals surface area contributed by atoms with Crippen LogP contribution in [0.4, 0.5) is 0 Å². The predicted molar refractivity (Wildman–Crippen MR) is 92.7 cm³/mol. The van der Waals surface area contributed by atoms with E-state index in [1.165, 1.54) is 12.5 Å². The first kappa shape index (κ1) is 17.1. The Morgan fingerprint density at radius 3 is 2.48 bits per heavy atom. The number of nitrogens with one attached hydrogen (secondary N) is 1. The van der Waals surface area contributed by atoms with E-state index < -0.39 is 0 Å². The van der Waals surface area contributed by atoms with Gasteiger partial charge in [0.15, 0.2) is 0 Å². The van der Waals surface area contributed by atoms with Gasteiger partial charge in [0, 0.05) is 24.7 Å². The van der Waals surface area contributed by atoms with Crippen LogP contribution in [0.15, 0.2) is 47.3 Å². The molecule has 0 spiro atoms. The van der Waals surface area contributed by atoms with E-state index in [4.69, 9.17) is 9.15 Å². The third-order valence-corrected chi connectivity index (χ3v) is 4.31. The highest BCUT2D eigenvalue weighted by Crippen LogP contribution is 2.17. The summed E-state index contributed by atoms with van der Waals surface area (Å²) < 4.78 is 10.3. The SMILES string of the molecule is CCOc1ccc(C(=O)N2CCC(NC(=O)c3ccoc3)CC2)cc1. The molecule has 0 atom stereocenters. The Kier molecular flexibility index (Phi) is 5.38. The van der Waals surface area contributed by atoms with Crippen molar-refractivity contribution >= 4 is 11.8 Å². The van der Waals surface area contributed by atoms with Crippen LogP contribution in [0.2, 0.25) is 0 Å². The van der Waals surface area contributed by atoms with E-state index >= 15 is 0 Å². The molecule has 2 aromatic rings. The standard InChI is InChI=1S/C19H22N2O4/c1-2-25-17-5-3-14(4-6-17)19(23)21-10-7-16(8-11-21)20-18(22)15-9-12-24-13-15/h3-6,9,12-13,16H,2,7-8,10-11H2,1H3,(H,20,22). The summed E-state index contributed by atoms with van der Waals surface area (Å²) in [7, 11) is 0. The molecular formula is C19H22N2O4. The summed E-state index contributed by atoms with van der Waals surface area (Å²) >= 11 is 0. The lowest BCUT2D eigenvalue weighted by atomic mass is 10.0. The van der Waals surface area contributed by atoms with Crippen molar-refractivity contribution in [3.05, 3.63) is 54.0 Å². The molecule has 3 rings (SSSR count). The Morgan fingerprint density at radius 2 is 1.88 bits per heavy atom. The van der Waals surface area contributed by atoms with Crippen molar-refractivity contribution in [3.63, 3.8) is 0 Å². The van der Waals surface area contributed by atoms with Crippen LogP contribution < -0.4 is 10.1 Å². The fourth-order valence-electron chi connectivity index (χ4n) is 2.93. The second-order valence-electron chi connectivity index (χ2n) is 6.01. The molecule has 25 heavy (non-hydrogen) atoms. The number of carbonyl (C=O) groups is 2. The number of hydrogen-bond donors (Lipinski definition) is 1. The minimum Gasteiger partial charge on any atom is -0.494 e. The van der Waals surface area contributed by atoms with E-state index in [0.717, 1.165) is 18.6 Å². The Labute approximate surface area is 146 Å². The molecular weight excluding hydrogens is 320 g/mol. The summed E-state index contributed by atoms with van der Waals surface area (Å²) in [5.74, 6) is 0.646. The predicted octanol–water partition coefficient (Wildman–Crippen LogP) is 2.71. The first-order valence-corrected chi connectivity index (χ1v) is 8.52. The van der Waals surface area contributed by atoms with Crippen LogP contribution in [-0.4, -0.2) is 42.5 Å². The second-order valence-corrected chi connectivity index (χ2v) is 6.01. The number of piperidine rings is 1. The molecule has 2 amide bonds. The van der Waals surface area contributed by atoms with Gasteiger partial charge in [0.25, 0.3) is 11.8 Å². The van der Waals surface area contributed by atoms with E-state index in [2.05, 4.69) is 5.32 Å². The van der Waals surface area contributed by atoms with Crippen LogP contribution in [-0.2, 0) is 0 Å². The molecule has 2 heterocycles. The van der Waals surface area contributed by atoms with Gasteiger partial charge in [-0.25, -0.2) is 0 Å². The van der Waals surface area contributed by atoms with Crippen molar-refractivity contribution in [1.82, 2.24) is 10.2 Å². The molecule has 0 unspecified atom stereocenters. The lowest BCUT2D eigenvalue weighted by Crippen LogP contribution is -2.46. The molecule has 132 valence electrons. The van der Waals surface area contributed by atoms with E-state index in [0.29, 0.717) is 30.8 Å². The Morgan fingerprint density at radius 1 is 1.16 bits per heavy atom. The van der Waals surface area contributed by atoms with Crippen molar-refractivity contribution in [1.29, 1.82) is 0 Å². The highest BCUT2D eigenvalue weighted by molar-refractivity contribution is 5.95. The largest absolute Gasteiger partial charge is 0.494 e. The molecule has 1 N–H and O–H groups in total. The summed E-state index contributed by atoms with van der Waals surface area (Å²) in [4.78, 5) is 26.4. The van der Waals surface area contributed by atoms with E-state index in [-0.39, 0.29) is 17.9 Å². The zero-order valence-electron chi connectivity index (χ0n) is 14.2. The van der Waals surface area contributed by atoms with Crippen molar-refractivity contribution in [2.45, 2.75) is 25.8 Å². The van der Waals surface area contributed by atoms with Gasteiger partial charge in [0.1, 0.15) is 12.0 Å². The summed E-state index contributed by atoms with van der Waals surface area (Å²) in [6.45, 7) is 3.78. The number of benzene rings is 1. The van der Waals surface area contributed by atoms with E-state index in [9.17, 15) is 9.59 Å². The number of carbonyl (C=O) groups excluding carboxylic acids is 2. The molecule has 1 fully saturated rings. The molecule has 0 aliphatic carbocycles. The number of likely N-dealkylation sites (tertiary alicyclic amines) is 1. The molecule has 1 aromatic heterocycles. The first-order valence-electron chi connectivity index (χ1n) is 8.52. The number of ether oxygens (including phenoxy) is 1. The Hall–Kier alpha value is -2.76. The van der Waals surface area contributed by atoms with Gasteiger partial charge in [0.05, 0.1) is 18.4 Å². The Bertz CT molecular complexity index is 702. The highest BCUT2D eigenvalue weighted by Gasteiger charge is 2.25. The summed E-state index contributed by atoms with van der Waals surface area (Å²) in [6, 6.07) is 8.93. The Balaban J connectivity index is 1.51. The van der Waals surface area contributed by atoms with Gasteiger partial charge in [-0.2, -0.15) is 0 Å². The van der Waals surface area contributed by atoms with Crippen LogP contribution >= 0.6 is 0 Å². The molecule has 1 saturated heterocycles. The fourth-order valence-corrected chi connectivity index (χ4v) is 2.93. The number of rotatable bonds is 5. The molecule has 6 heteroatoms. The van der Waals surface area contributed by atoms with Crippen molar-refractivity contribution in [2.75, 3.05) is 19.7 Å². The maximum absolute atomic E-state index is 12.6. The molecule has 1 aliphatic heterocycles. The normalized spacial score (nSPS) is 15.0. The minimum absolute atomic E-state index is 0.0164. The molecule has 1 aliphatic rings. The van der Waals surface area contributed by atoms with E-state index in [1.807, 2.05) is 24.0 Å². The van der Waals surface area contributed by atoms with Gasteiger partial charge < -0.3 is 19.4 Å². The summed E-state index contributed by atoms with van der Waals surface area (Å²) in [5, 5.41) is 2.99. The zero-order chi connectivity index (χ0) is 17.6. The van der Waals surface area contributed by atoms with Gasteiger partial charge in [-0.05, 0) is 50.1 Å². The van der Waals surface area contributed by atoms with E-state index in [1.54, 1.807) is 18.2 Å². The zero-order valence-corrected chi connectivity index (χ0v) is 14.2. The molecule has 0 saturated carbocycles. The smallest absolute Gasteiger partial charge is 0.254 e. The van der Waals surface area contributed by atoms with Crippen molar-refractivity contribution in [2.24, 2.45) is 0 Å². The fraction of sp³-hybridized carbons (Fsp3) is 0.368. The molecule has 0 radical (unpaired) electrons. The van der Waals surface area contributed by atoms with Gasteiger partial charge in [-0.15, -0.1) is 0 Å². The number of amides is 2. The minimum atomic E-state index is -0.134. The van der Waals surface area contributed by atoms with Crippen LogP contribution in [0.5, 0.6) is 5.75 Å². The quantitative estimate of drug-likeness (QED) is 0.907. The number of furan rings is 1. The third kappa shape index (κ3) is 4.21. The van der Waals surface area contributed by atoms with Gasteiger partial charge >= 0.3 is 0 Å². The average molecular weight is 342 g/mol. The van der Waals surface area contributed by atoms with Crippen molar-refractivity contribution in [3.8, 4) is 5.75 Å². The average Bonchev–Trinajstić information content (AvgIpc) is 3.18. The number of nitrogens with zero attached hydrogens (tertiary/aromatic N) is 1. The van der Waals surface area contributed by atoms with Crippen molar-refractivity contribution < 1.29 is 18.7 Å². The lowest BCUT2D eigenvalue weighted by molar-refractivity contribution is 0.0698. The lowest BCUT2D eigenvalue weighted by Gasteiger charge is -2.32. The van der Waals surface area contributed by atoms with Gasteiger partial charge in [0.2, 0.25) is 0 Å². The maximum Gasteiger partial charge on any atom is 0.254 e. The second kappa shape index (κ2) is 7.88. The van der Waals surface area contributed by atoms with Crippen LogP contribution in [0, 0.1) is 0 Å². The monoisotopic (exact) mass is 342 g/mol. The number of hydrogen-bond acceptors (Lipinski definition) is 4. The molecule has 0 bridgehead atoms. The molecule has 6 nitrogen and oxygen atoms in total. The topological polar surface area (TPSA) is 71.8 Å². The van der Waals surface area contributed by atoms with Crippen LogP contribution in [0.25, 0.3) is 0 Å².